The first-order valence-electron chi connectivity index (χ1n) is 8.77. The lowest BCUT2D eigenvalue weighted by molar-refractivity contribution is -0.146. The molecule has 4 nitrogen and oxygen atoms in total. The minimum absolute atomic E-state index is 0.0189. The van der Waals surface area contributed by atoms with Gasteiger partial charge in [-0.05, 0) is 43.4 Å². The van der Waals surface area contributed by atoms with E-state index in [4.69, 9.17) is 4.74 Å². The Kier molecular flexibility index (Phi) is 6.98. The van der Waals surface area contributed by atoms with E-state index in [1.165, 1.54) is 7.11 Å². The van der Waals surface area contributed by atoms with E-state index in [2.05, 4.69) is 0 Å². The highest BCUT2D eigenvalue weighted by Gasteiger charge is 2.27. The fourth-order valence-electron chi connectivity index (χ4n) is 3.07. The van der Waals surface area contributed by atoms with Crippen molar-refractivity contribution in [3.05, 3.63) is 65.7 Å². The largest absolute Gasteiger partial charge is 0.469 e. The summed E-state index contributed by atoms with van der Waals surface area (Å²) < 4.78 is 29.9. The Morgan fingerprint density at radius 1 is 1.04 bits per heavy atom. The normalized spacial score (nSPS) is 13.8. The predicted molar refractivity (Wildman–Crippen MR) is 103 cm³/mol. The minimum atomic E-state index is -3.35. The van der Waals surface area contributed by atoms with Crippen LogP contribution < -0.4 is 0 Å². The Labute approximate surface area is 156 Å². The second kappa shape index (κ2) is 8.99. The van der Waals surface area contributed by atoms with E-state index < -0.39 is 9.84 Å². The molecule has 0 radical (unpaired) electrons. The van der Waals surface area contributed by atoms with Crippen LogP contribution in [0.15, 0.2) is 59.5 Å². The number of carbonyl (C=O) groups excluding carboxylic acids is 1. The molecule has 2 aromatic carbocycles. The van der Waals surface area contributed by atoms with Gasteiger partial charge in [-0.1, -0.05) is 55.0 Å². The maximum Gasteiger partial charge on any atom is 0.309 e. The zero-order chi connectivity index (χ0) is 19.2. The highest BCUT2D eigenvalue weighted by Crippen LogP contribution is 2.29. The number of sulfone groups is 1. The molecule has 0 aliphatic heterocycles. The van der Waals surface area contributed by atoms with E-state index in [0.29, 0.717) is 17.7 Å². The van der Waals surface area contributed by atoms with Crippen molar-refractivity contribution in [1.29, 1.82) is 0 Å². The summed E-state index contributed by atoms with van der Waals surface area (Å²) in [6, 6.07) is 16.6. The molecule has 2 aromatic rings. The van der Waals surface area contributed by atoms with Gasteiger partial charge in [0, 0.05) is 0 Å². The lowest BCUT2D eigenvalue weighted by Crippen LogP contribution is -2.23. The number of ether oxygens (including phenoxy) is 1. The Bertz CT molecular complexity index is 811. The van der Waals surface area contributed by atoms with Crippen LogP contribution in [0, 0.1) is 12.8 Å². The maximum absolute atomic E-state index is 12.5. The summed E-state index contributed by atoms with van der Waals surface area (Å²) in [5.74, 6) is -0.680. The summed E-state index contributed by atoms with van der Waals surface area (Å²) in [5, 5.41) is 0. The molecule has 0 spiro atoms. The standard InChI is InChI=1S/C21H26O4S/c1-16-11-13-19(14-12-16)26(23,24)15-7-10-20(21(22)25-3)17(2)18-8-5-4-6-9-18/h4-6,8-9,11-14,17,20H,7,10,15H2,1-3H3/t17-,20-/m0/s1. The first-order chi connectivity index (χ1) is 12.3. The number of hydrogen-bond acceptors (Lipinski definition) is 4. The van der Waals surface area contributed by atoms with Crippen LogP contribution in [0.2, 0.25) is 0 Å². The molecular formula is C21H26O4S. The molecule has 0 amide bonds. The van der Waals surface area contributed by atoms with Crippen molar-refractivity contribution < 1.29 is 17.9 Å². The van der Waals surface area contributed by atoms with Gasteiger partial charge >= 0.3 is 5.97 Å². The van der Waals surface area contributed by atoms with E-state index in [1.54, 1.807) is 24.3 Å². The lowest BCUT2D eigenvalue weighted by Gasteiger charge is -2.22. The summed E-state index contributed by atoms with van der Waals surface area (Å²) in [5.41, 5.74) is 2.07. The molecule has 0 saturated heterocycles. The number of aryl methyl sites for hydroxylation is 1. The minimum Gasteiger partial charge on any atom is -0.469 e. The van der Waals surface area contributed by atoms with Gasteiger partial charge in [0.25, 0.3) is 0 Å². The zero-order valence-corrected chi connectivity index (χ0v) is 16.3. The fraction of sp³-hybridized carbons (Fsp3) is 0.381. The molecule has 26 heavy (non-hydrogen) atoms. The first-order valence-corrected chi connectivity index (χ1v) is 10.4. The van der Waals surface area contributed by atoms with E-state index in [1.807, 2.05) is 44.2 Å². The molecule has 0 aliphatic carbocycles. The van der Waals surface area contributed by atoms with Gasteiger partial charge in [-0.2, -0.15) is 0 Å². The topological polar surface area (TPSA) is 60.4 Å². The van der Waals surface area contributed by atoms with Crippen LogP contribution in [0.4, 0.5) is 0 Å². The Morgan fingerprint density at radius 3 is 2.23 bits per heavy atom. The van der Waals surface area contributed by atoms with Crippen LogP contribution in [0.1, 0.15) is 36.8 Å². The summed E-state index contributed by atoms with van der Waals surface area (Å²) in [6.07, 6.45) is 0.876. The third kappa shape index (κ3) is 5.18. The fourth-order valence-corrected chi connectivity index (χ4v) is 4.40. The van der Waals surface area contributed by atoms with E-state index in [9.17, 15) is 13.2 Å². The average molecular weight is 375 g/mol. The molecule has 2 atom stereocenters. The van der Waals surface area contributed by atoms with Crippen molar-refractivity contribution in [2.75, 3.05) is 12.9 Å². The second-order valence-corrected chi connectivity index (χ2v) is 8.71. The average Bonchev–Trinajstić information content (AvgIpc) is 2.65. The molecule has 0 unspecified atom stereocenters. The SMILES string of the molecule is COC(=O)[C@@H](CCCS(=O)(=O)c1ccc(C)cc1)[C@@H](C)c1ccccc1. The number of rotatable bonds is 8. The van der Waals surface area contributed by atoms with Crippen molar-refractivity contribution in [3.63, 3.8) is 0 Å². The van der Waals surface area contributed by atoms with Gasteiger partial charge in [0.05, 0.1) is 23.7 Å². The molecule has 0 fully saturated rings. The van der Waals surface area contributed by atoms with E-state index >= 15 is 0 Å². The van der Waals surface area contributed by atoms with Crippen LogP contribution in [-0.2, 0) is 19.4 Å². The van der Waals surface area contributed by atoms with Crippen LogP contribution in [-0.4, -0.2) is 27.2 Å². The van der Waals surface area contributed by atoms with Gasteiger partial charge < -0.3 is 4.74 Å². The first kappa shape index (κ1) is 20.2. The van der Waals surface area contributed by atoms with Crippen LogP contribution in [0.5, 0.6) is 0 Å². The maximum atomic E-state index is 12.5. The molecule has 0 heterocycles. The quantitative estimate of drug-likeness (QED) is 0.652. The van der Waals surface area contributed by atoms with Gasteiger partial charge in [-0.15, -0.1) is 0 Å². The Balaban J connectivity index is 2.05. The molecule has 0 aromatic heterocycles. The van der Waals surface area contributed by atoms with Crippen LogP contribution in [0.25, 0.3) is 0 Å². The summed E-state index contributed by atoms with van der Waals surface area (Å²) in [6.45, 7) is 3.90. The van der Waals surface area contributed by atoms with Gasteiger partial charge in [0.1, 0.15) is 0 Å². The Morgan fingerprint density at radius 2 is 1.65 bits per heavy atom. The number of carbonyl (C=O) groups is 1. The molecule has 0 aliphatic rings. The van der Waals surface area contributed by atoms with Crippen molar-refractivity contribution in [3.8, 4) is 0 Å². The van der Waals surface area contributed by atoms with Gasteiger partial charge in [0.2, 0.25) is 0 Å². The van der Waals surface area contributed by atoms with Crippen molar-refractivity contribution in [2.24, 2.45) is 5.92 Å². The van der Waals surface area contributed by atoms with E-state index in [-0.39, 0.29) is 23.6 Å². The van der Waals surface area contributed by atoms with Crippen molar-refractivity contribution in [2.45, 2.75) is 37.5 Å². The summed E-state index contributed by atoms with van der Waals surface area (Å²) in [4.78, 5) is 12.5. The third-order valence-corrected chi connectivity index (χ3v) is 6.56. The van der Waals surface area contributed by atoms with Gasteiger partial charge in [0.15, 0.2) is 9.84 Å². The van der Waals surface area contributed by atoms with Gasteiger partial charge in [-0.3, -0.25) is 4.79 Å². The third-order valence-electron chi connectivity index (χ3n) is 4.74. The predicted octanol–water partition coefficient (Wildman–Crippen LogP) is 4.14. The molecule has 140 valence electrons. The van der Waals surface area contributed by atoms with E-state index in [0.717, 1.165) is 11.1 Å². The molecule has 5 heteroatoms. The summed E-state index contributed by atoms with van der Waals surface area (Å²) in [7, 11) is -1.98. The monoisotopic (exact) mass is 374 g/mol. The number of hydrogen-bond donors (Lipinski definition) is 0. The van der Waals surface area contributed by atoms with Crippen LogP contribution >= 0.6 is 0 Å². The Hall–Kier alpha value is -2.14. The highest BCUT2D eigenvalue weighted by molar-refractivity contribution is 7.91. The number of methoxy groups -OCH3 is 1. The second-order valence-electron chi connectivity index (χ2n) is 6.60. The molecule has 0 N–H and O–H groups in total. The summed E-state index contributed by atoms with van der Waals surface area (Å²) >= 11 is 0. The molecular weight excluding hydrogens is 348 g/mol. The van der Waals surface area contributed by atoms with Crippen molar-refractivity contribution in [1.82, 2.24) is 0 Å². The highest BCUT2D eigenvalue weighted by atomic mass is 32.2. The van der Waals surface area contributed by atoms with Crippen molar-refractivity contribution >= 4 is 15.8 Å². The molecule has 0 bridgehead atoms. The molecule has 0 saturated carbocycles. The number of esters is 1. The molecule has 2 rings (SSSR count). The smallest absolute Gasteiger partial charge is 0.309 e. The zero-order valence-electron chi connectivity index (χ0n) is 15.5. The lowest BCUT2D eigenvalue weighted by atomic mass is 9.85. The van der Waals surface area contributed by atoms with Gasteiger partial charge in [-0.25, -0.2) is 8.42 Å². The van der Waals surface area contributed by atoms with Crippen LogP contribution in [0.3, 0.4) is 0 Å². The number of benzene rings is 2.